The summed E-state index contributed by atoms with van der Waals surface area (Å²) in [6.07, 6.45) is 20.9. The van der Waals surface area contributed by atoms with Gasteiger partial charge in [0.05, 0.1) is 27.7 Å². The molecule has 0 aliphatic rings. The summed E-state index contributed by atoms with van der Waals surface area (Å²) in [5, 5.41) is 9.94. The van der Waals surface area contributed by atoms with E-state index >= 15 is 0 Å². The first-order chi connectivity index (χ1) is 16.5. The minimum Gasteiger partial charge on any atom is -0.774 e. The van der Waals surface area contributed by atoms with E-state index in [1.807, 2.05) is 0 Å². The van der Waals surface area contributed by atoms with E-state index in [1.165, 1.54) is 44.9 Å². The first-order valence-electron chi connectivity index (χ1n) is 13.4. The summed E-state index contributed by atoms with van der Waals surface area (Å²) in [7, 11) is 1.19. The van der Waals surface area contributed by atoms with Gasteiger partial charge in [0.2, 0.25) is 0 Å². The number of carbonyl (C=O) groups is 1. The van der Waals surface area contributed by atoms with Crippen LogP contribution in [0.15, 0.2) is 24.3 Å². The number of aliphatic hydroxyl groups excluding tert-OH is 1. The van der Waals surface area contributed by atoms with E-state index in [1.54, 1.807) is 28.1 Å². The number of esters is 1. The third-order valence-electron chi connectivity index (χ3n) is 5.81. The van der Waals surface area contributed by atoms with Gasteiger partial charge in [-0.25, -0.2) is 0 Å². The summed E-state index contributed by atoms with van der Waals surface area (Å²) in [4.78, 5) is 24.2. The number of ether oxygens (including phenoxy) is 1. The fourth-order valence-electron chi connectivity index (χ4n) is 3.83. The Kier molecular flexibility index (Phi) is 19.6. The molecule has 0 amide bonds. The lowest BCUT2D eigenvalue weighted by Crippen LogP contribution is -2.47. The average Bonchev–Trinajstić information content (AvgIpc) is 2.78. The van der Waals surface area contributed by atoms with E-state index in [2.05, 4.69) is 31.2 Å². The van der Waals surface area contributed by atoms with Gasteiger partial charge in [-0.05, 0) is 51.4 Å². The van der Waals surface area contributed by atoms with Crippen molar-refractivity contribution in [2.45, 2.75) is 109 Å². The van der Waals surface area contributed by atoms with E-state index in [9.17, 15) is 19.4 Å². The van der Waals surface area contributed by atoms with E-state index in [0.717, 1.165) is 19.3 Å². The van der Waals surface area contributed by atoms with Gasteiger partial charge in [-0.1, -0.05) is 57.4 Å². The van der Waals surface area contributed by atoms with Crippen molar-refractivity contribution in [1.29, 1.82) is 0 Å². The standard InChI is InChI=1S/C27H52NO6P/c1-6-8-9-10-11-12-13-14-15-16-17-18-19-20-21-22-27(30)33-23-25(29)24-34-35(31,32)26(7-2)28(3,4)5/h12-13,18-19,25-26,29H,6-11,14-17,20-24H2,1-5H3/b13-12-,19-18-/t25-,26?/m1/s1. The van der Waals surface area contributed by atoms with Crippen molar-refractivity contribution in [2.24, 2.45) is 0 Å². The van der Waals surface area contributed by atoms with Gasteiger partial charge in [0.25, 0.3) is 0 Å². The number of hydrogen-bond acceptors (Lipinski definition) is 6. The number of hydrogen-bond donors (Lipinski definition) is 1. The maximum Gasteiger partial charge on any atom is 0.305 e. The molecule has 0 aromatic carbocycles. The number of allylic oxidation sites excluding steroid dienone is 4. The van der Waals surface area contributed by atoms with Crippen molar-refractivity contribution in [3.8, 4) is 0 Å². The highest BCUT2D eigenvalue weighted by molar-refractivity contribution is 7.51. The molecule has 3 atom stereocenters. The molecule has 0 radical (unpaired) electrons. The van der Waals surface area contributed by atoms with Gasteiger partial charge in [-0.15, -0.1) is 0 Å². The molecular weight excluding hydrogens is 465 g/mol. The van der Waals surface area contributed by atoms with E-state index in [-0.39, 0.29) is 17.5 Å². The van der Waals surface area contributed by atoms with Crippen LogP contribution in [-0.2, 0) is 18.6 Å². The summed E-state index contributed by atoms with van der Waals surface area (Å²) in [5.41, 5.74) is 0. The van der Waals surface area contributed by atoms with Crippen LogP contribution in [0.5, 0.6) is 0 Å². The second-order valence-electron chi connectivity index (χ2n) is 10.1. The minimum atomic E-state index is -4.16. The monoisotopic (exact) mass is 517 g/mol. The molecule has 1 N–H and O–H groups in total. The summed E-state index contributed by atoms with van der Waals surface area (Å²) < 4.78 is 22.7. The van der Waals surface area contributed by atoms with Crippen molar-refractivity contribution >= 4 is 13.6 Å². The zero-order valence-electron chi connectivity index (χ0n) is 23.0. The molecule has 0 saturated carbocycles. The van der Waals surface area contributed by atoms with E-state index in [4.69, 9.17) is 9.26 Å². The van der Waals surface area contributed by atoms with Crippen molar-refractivity contribution in [2.75, 3.05) is 34.4 Å². The number of carbonyl (C=O) groups excluding carboxylic acids is 1. The molecule has 0 aliphatic carbocycles. The lowest BCUT2D eigenvalue weighted by Gasteiger charge is -2.41. The molecule has 7 nitrogen and oxygen atoms in total. The van der Waals surface area contributed by atoms with Crippen LogP contribution in [0.3, 0.4) is 0 Å². The third-order valence-corrected chi connectivity index (χ3v) is 8.11. The van der Waals surface area contributed by atoms with E-state index in [0.29, 0.717) is 12.8 Å². The van der Waals surface area contributed by atoms with Crippen LogP contribution in [0, 0.1) is 0 Å². The van der Waals surface area contributed by atoms with Crippen molar-refractivity contribution in [3.05, 3.63) is 24.3 Å². The highest BCUT2D eigenvalue weighted by Gasteiger charge is 2.34. The van der Waals surface area contributed by atoms with Crippen LogP contribution in [0.1, 0.15) is 97.3 Å². The predicted molar refractivity (Wildman–Crippen MR) is 142 cm³/mol. The first kappa shape index (κ1) is 34.0. The van der Waals surface area contributed by atoms with Gasteiger partial charge in [0, 0.05) is 12.8 Å². The highest BCUT2D eigenvalue weighted by atomic mass is 31.2. The van der Waals surface area contributed by atoms with Gasteiger partial charge >= 0.3 is 5.97 Å². The second kappa shape index (κ2) is 20.1. The van der Waals surface area contributed by atoms with E-state index < -0.39 is 32.1 Å². The zero-order chi connectivity index (χ0) is 26.6. The molecule has 0 rings (SSSR count). The quantitative estimate of drug-likeness (QED) is 0.0649. The molecular formula is C27H52NO6P. The maximum absolute atomic E-state index is 12.4. The molecule has 0 spiro atoms. The Hall–Kier alpha value is -0.980. The number of quaternary nitrogens is 1. The zero-order valence-corrected chi connectivity index (χ0v) is 23.8. The van der Waals surface area contributed by atoms with Gasteiger partial charge in [-0.2, -0.15) is 0 Å². The van der Waals surface area contributed by atoms with Crippen molar-refractivity contribution in [3.63, 3.8) is 0 Å². The topological polar surface area (TPSA) is 95.9 Å². The number of nitrogens with zero attached hydrogens (tertiary/aromatic N) is 1. The van der Waals surface area contributed by atoms with Crippen molar-refractivity contribution < 1.29 is 33.1 Å². The van der Waals surface area contributed by atoms with Gasteiger partial charge in [0.15, 0.2) is 13.4 Å². The molecule has 0 aromatic rings. The molecule has 0 aliphatic heterocycles. The lowest BCUT2D eigenvalue weighted by molar-refractivity contribution is -0.884. The highest BCUT2D eigenvalue weighted by Crippen LogP contribution is 2.47. The number of aliphatic hydroxyl groups is 1. The summed E-state index contributed by atoms with van der Waals surface area (Å²) in [6.45, 7) is 3.33. The summed E-state index contributed by atoms with van der Waals surface area (Å²) in [6, 6.07) is 0. The maximum atomic E-state index is 12.4. The third kappa shape index (κ3) is 18.9. The van der Waals surface area contributed by atoms with Crippen LogP contribution in [0.4, 0.5) is 0 Å². The predicted octanol–water partition coefficient (Wildman–Crippen LogP) is 5.72. The molecule has 35 heavy (non-hydrogen) atoms. The summed E-state index contributed by atoms with van der Waals surface area (Å²) >= 11 is 0. The SMILES string of the molecule is CCCCCC/C=C\CCCC/C=C\CCCC(=O)OC[C@@H](O)COP(=O)([O-])C(CC)[N+](C)(C)C. The van der Waals surface area contributed by atoms with Crippen molar-refractivity contribution in [1.82, 2.24) is 0 Å². The lowest BCUT2D eigenvalue weighted by atomic mass is 10.1. The van der Waals surface area contributed by atoms with Crippen LogP contribution in [0.25, 0.3) is 0 Å². The minimum absolute atomic E-state index is 0.216. The van der Waals surface area contributed by atoms with Crippen LogP contribution in [-0.4, -0.2) is 61.8 Å². The molecule has 0 saturated heterocycles. The smallest absolute Gasteiger partial charge is 0.305 e. The Morgan fingerprint density at radius 3 is 1.89 bits per heavy atom. The Bertz CT molecular complexity index is 644. The molecule has 0 bridgehead atoms. The fraction of sp³-hybridized carbons (Fsp3) is 0.815. The molecule has 0 fully saturated rings. The first-order valence-corrected chi connectivity index (χ1v) is 15.1. The van der Waals surface area contributed by atoms with Crippen LogP contribution < -0.4 is 4.89 Å². The molecule has 0 aromatic heterocycles. The number of rotatable bonds is 22. The molecule has 8 heteroatoms. The normalized spacial score (nSPS) is 16.0. The largest absolute Gasteiger partial charge is 0.774 e. The summed E-state index contributed by atoms with van der Waals surface area (Å²) in [5.74, 6) is -1.10. The average molecular weight is 518 g/mol. The molecule has 0 heterocycles. The van der Waals surface area contributed by atoms with Gasteiger partial charge in [0.1, 0.15) is 12.7 Å². The Morgan fingerprint density at radius 2 is 1.40 bits per heavy atom. The number of unbranched alkanes of at least 4 members (excludes halogenated alkanes) is 8. The van der Waals surface area contributed by atoms with Crippen LogP contribution >= 0.6 is 7.60 Å². The Balaban J connectivity index is 3.81. The van der Waals surface area contributed by atoms with Gasteiger partial charge in [-0.3, -0.25) is 4.79 Å². The fourth-order valence-corrected chi connectivity index (χ4v) is 5.68. The second-order valence-corrected chi connectivity index (χ2v) is 12.1. The molecule has 206 valence electrons. The van der Waals surface area contributed by atoms with Gasteiger partial charge < -0.3 is 28.3 Å². The van der Waals surface area contributed by atoms with Crippen LogP contribution in [0.2, 0.25) is 0 Å². The molecule has 2 unspecified atom stereocenters. The Labute approximate surface area is 214 Å². The Morgan fingerprint density at radius 1 is 0.886 bits per heavy atom.